The molecular weight excluding hydrogens is 381 g/mol. The molecule has 138 valence electrons. The fourth-order valence-corrected chi connectivity index (χ4v) is 2.49. The van der Waals surface area contributed by atoms with Crippen molar-refractivity contribution in [3.63, 3.8) is 0 Å². The number of hydrazone groups is 1. The van der Waals surface area contributed by atoms with E-state index in [9.17, 15) is 12.8 Å². The summed E-state index contributed by atoms with van der Waals surface area (Å²) in [5.74, 6) is -0.0234. The molecule has 0 bridgehead atoms. The topological polar surface area (TPSA) is 89.0 Å². The first-order chi connectivity index (χ1) is 12.3. The fourth-order valence-electron chi connectivity index (χ4n) is 1.85. The SMILES string of the molecule is COc1cc(/C=N/NC(=S)Nc2ccc(F)cc2)ccc1OS(C)(=O)=O. The molecule has 0 spiro atoms. The first-order valence-corrected chi connectivity index (χ1v) is 9.42. The highest BCUT2D eigenvalue weighted by molar-refractivity contribution is 7.86. The van der Waals surface area contributed by atoms with Crippen molar-refractivity contribution < 1.29 is 21.7 Å². The van der Waals surface area contributed by atoms with Gasteiger partial charge in [-0.3, -0.25) is 5.43 Å². The zero-order valence-corrected chi connectivity index (χ0v) is 15.5. The summed E-state index contributed by atoms with van der Waals surface area (Å²) in [6.07, 6.45) is 2.41. The second kappa shape index (κ2) is 8.59. The number of methoxy groups -OCH3 is 1. The maximum absolute atomic E-state index is 12.8. The Labute approximate surface area is 155 Å². The highest BCUT2D eigenvalue weighted by Gasteiger charge is 2.10. The number of rotatable bonds is 6. The Kier molecular flexibility index (Phi) is 6.47. The minimum absolute atomic E-state index is 0.0774. The Morgan fingerprint density at radius 3 is 2.50 bits per heavy atom. The van der Waals surface area contributed by atoms with E-state index < -0.39 is 10.1 Å². The van der Waals surface area contributed by atoms with Crippen molar-refractivity contribution in [3.05, 3.63) is 53.8 Å². The summed E-state index contributed by atoms with van der Waals surface area (Å²) < 4.78 is 45.2. The first-order valence-electron chi connectivity index (χ1n) is 7.20. The fraction of sp³-hybridized carbons (Fsp3) is 0.125. The van der Waals surface area contributed by atoms with Gasteiger partial charge in [-0.25, -0.2) is 4.39 Å². The average Bonchev–Trinajstić information content (AvgIpc) is 2.57. The largest absolute Gasteiger partial charge is 0.493 e. The monoisotopic (exact) mass is 397 g/mol. The number of hydrogen-bond donors (Lipinski definition) is 2. The molecule has 0 atom stereocenters. The molecule has 0 aliphatic rings. The van der Waals surface area contributed by atoms with E-state index in [0.29, 0.717) is 11.3 Å². The van der Waals surface area contributed by atoms with E-state index in [0.717, 1.165) is 6.26 Å². The maximum atomic E-state index is 12.8. The van der Waals surface area contributed by atoms with Crippen molar-refractivity contribution in [1.29, 1.82) is 0 Å². The van der Waals surface area contributed by atoms with Gasteiger partial charge in [0.25, 0.3) is 0 Å². The van der Waals surface area contributed by atoms with Gasteiger partial charge in [-0.15, -0.1) is 0 Å². The van der Waals surface area contributed by atoms with Gasteiger partial charge in [0, 0.05) is 5.69 Å². The molecule has 2 aromatic rings. The number of ether oxygens (including phenoxy) is 1. The van der Waals surface area contributed by atoms with Gasteiger partial charge in [-0.05, 0) is 60.2 Å². The van der Waals surface area contributed by atoms with Gasteiger partial charge < -0.3 is 14.2 Å². The van der Waals surface area contributed by atoms with Crippen LogP contribution in [0.4, 0.5) is 10.1 Å². The lowest BCUT2D eigenvalue weighted by atomic mass is 10.2. The van der Waals surface area contributed by atoms with Crippen molar-refractivity contribution in [1.82, 2.24) is 5.43 Å². The van der Waals surface area contributed by atoms with Gasteiger partial charge in [0.1, 0.15) is 5.82 Å². The summed E-state index contributed by atoms with van der Waals surface area (Å²) in [5, 5.41) is 7.03. The Hall–Kier alpha value is -2.72. The smallest absolute Gasteiger partial charge is 0.306 e. The molecule has 0 heterocycles. The zero-order chi connectivity index (χ0) is 19.2. The van der Waals surface area contributed by atoms with Gasteiger partial charge in [0.2, 0.25) is 0 Å². The zero-order valence-electron chi connectivity index (χ0n) is 13.9. The molecule has 0 aliphatic carbocycles. The minimum atomic E-state index is -3.66. The molecule has 26 heavy (non-hydrogen) atoms. The van der Waals surface area contributed by atoms with Crippen LogP contribution in [0.2, 0.25) is 0 Å². The number of nitrogens with one attached hydrogen (secondary N) is 2. The van der Waals surface area contributed by atoms with Crippen LogP contribution in [0.15, 0.2) is 47.6 Å². The van der Waals surface area contributed by atoms with Crippen LogP contribution >= 0.6 is 12.2 Å². The molecule has 0 unspecified atom stereocenters. The molecule has 0 radical (unpaired) electrons. The standard InChI is InChI=1S/C16H16FN3O4S2/c1-23-15-9-11(3-8-14(15)24-26(2,21)22)10-18-20-16(25)19-13-6-4-12(17)5-7-13/h3-10H,1-2H3,(H2,19,20,25)/b18-10+. The third-order valence-electron chi connectivity index (χ3n) is 2.91. The summed E-state index contributed by atoms with van der Waals surface area (Å²) in [6.45, 7) is 0. The van der Waals surface area contributed by atoms with Crippen LogP contribution < -0.4 is 19.7 Å². The van der Waals surface area contributed by atoms with Crippen LogP contribution in [-0.2, 0) is 10.1 Å². The molecule has 0 saturated carbocycles. The lowest BCUT2D eigenvalue weighted by Crippen LogP contribution is -2.23. The third-order valence-corrected chi connectivity index (χ3v) is 3.59. The van der Waals surface area contributed by atoms with E-state index >= 15 is 0 Å². The Bertz CT molecular complexity index is 916. The lowest BCUT2D eigenvalue weighted by molar-refractivity contribution is 0.391. The molecule has 10 heteroatoms. The van der Waals surface area contributed by atoms with Crippen LogP contribution in [-0.4, -0.2) is 33.1 Å². The molecule has 2 rings (SSSR count). The van der Waals surface area contributed by atoms with E-state index in [1.54, 1.807) is 24.3 Å². The summed E-state index contributed by atoms with van der Waals surface area (Å²) >= 11 is 5.07. The Morgan fingerprint density at radius 1 is 1.19 bits per heavy atom. The summed E-state index contributed by atoms with van der Waals surface area (Å²) in [4.78, 5) is 0. The van der Waals surface area contributed by atoms with Crippen molar-refractivity contribution in [2.45, 2.75) is 0 Å². The Balaban J connectivity index is 1.99. The van der Waals surface area contributed by atoms with Crippen LogP contribution in [0.5, 0.6) is 11.5 Å². The van der Waals surface area contributed by atoms with Gasteiger partial charge in [-0.2, -0.15) is 13.5 Å². The molecular formula is C16H16FN3O4S2. The second-order valence-electron chi connectivity index (χ2n) is 5.03. The normalized spacial score (nSPS) is 11.2. The number of anilines is 1. The average molecular weight is 397 g/mol. The number of hydrogen-bond acceptors (Lipinski definition) is 6. The van der Waals surface area contributed by atoms with E-state index in [4.69, 9.17) is 21.1 Å². The highest BCUT2D eigenvalue weighted by Crippen LogP contribution is 2.28. The molecule has 2 aromatic carbocycles. The van der Waals surface area contributed by atoms with Gasteiger partial charge in [-0.1, -0.05) is 0 Å². The van der Waals surface area contributed by atoms with E-state index in [-0.39, 0.29) is 22.4 Å². The van der Waals surface area contributed by atoms with E-state index in [2.05, 4.69) is 15.8 Å². The third kappa shape index (κ3) is 6.30. The highest BCUT2D eigenvalue weighted by atomic mass is 32.2. The minimum Gasteiger partial charge on any atom is -0.493 e. The molecule has 0 amide bonds. The Morgan fingerprint density at radius 2 is 1.88 bits per heavy atom. The van der Waals surface area contributed by atoms with Crippen LogP contribution in [0.25, 0.3) is 0 Å². The maximum Gasteiger partial charge on any atom is 0.306 e. The molecule has 7 nitrogen and oxygen atoms in total. The molecule has 0 fully saturated rings. The molecule has 2 N–H and O–H groups in total. The van der Waals surface area contributed by atoms with Crippen molar-refractivity contribution in [2.24, 2.45) is 5.10 Å². The number of nitrogens with zero attached hydrogens (tertiary/aromatic N) is 1. The molecule has 0 aliphatic heterocycles. The van der Waals surface area contributed by atoms with Crippen molar-refractivity contribution in [3.8, 4) is 11.5 Å². The van der Waals surface area contributed by atoms with Crippen molar-refractivity contribution >= 4 is 39.4 Å². The molecule has 0 aromatic heterocycles. The first kappa shape index (κ1) is 19.6. The number of benzene rings is 2. The van der Waals surface area contributed by atoms with Gasteiger partial charge in [0.15, 0.2) is 16.6 Å². The van der Waals surface area contributed by atoms with Gasteiger partial charge >= 0.3 is 10.1 Å². The van der Waals surface area contributed by atoms with Crippen LogP contribution in [0.3, 0.4) is 0 Å². The predicted octanol–water partition coefficient (Wildman–Crippen LogP) is 2.49. The van der Waals surface area contributed by atoms with Crippen LogP contribution in [0, 0.1) is 5.82 Å². The molecule has 0 saturated heterocycles. The summed E-state index contributed by atoms with van der Waals surface area (Å²) in [5.41, 5.74) is 3.85. The number of halogens is 1. The van der Waals surface area contributed by atoms with E-state index in [1.165, 1.54) is 31.5 Å². The lowest BCUT2D eigenvalue weighted by Gasteiger charge is -2.09. The quantitative estimate of drug-likeness (QED) is 0.335. The van der Waals surface area contributed by atoms with Gasteiger partial charge in [0.05, 0.1) is 19.6 Å². The number of thiocarbonyl (C=S) groups is 1. The summed E-state index contributed by atoms with van der Waals surface area (Å²) in [7, 11) is -2.26. The summed E-state index contributed by atoms with van der Waals surface area (Å²) in [6, 6.07) is 10.3. The van der Waals surface area contributed by atoms with E-state index in [1.807, 2.05) is 0 Å². The van der Waals surface area contributed by atoms with Crippen molar-refractivity contribution in [2.75, 3.05) is 18.7 Å². The predicted molar refractivity (Wildman–Crippen MR) is 102 cm³/mol. The van der Waals surface area contributed by atoms with Crippen LogP contribution in [0.1, 0.15) is 5.56 Å². The second-order valence-corrected chi connectivity index (χ2v) is 7.01.